The molecule has 1 unspecified atom stereocenters. The van der Waals surface area contributed by atoms with Crippen LogP contribution in [0, 0.1) is 19.8 Å². The first-order valence-corrected chi connectivity index (χ1v) is 13.1. The number of benzene rings is 2. The van der Waals surface area contributed by atoms with Crippen LogP contribution in [0.4, 0.5) is 0 Å². The fraction of sp³-hybridized carbons (Fsp3) is 0.296. The van der Waals surface area contributed by atoms with E-state index in [1.807, 2.05) is 62.4 Å². The molecule has 0 bridgehead atoms. The minimum atomic E-state index is -0.0267. The lowest BCUT2D eigenvalue weighted by molar-refractivity contribution is 0.102. The third-order valence-electron chi connectivity index (χ3n) is 6.30. The molecule has 2 aromatic heterocycles. The maximum atomic E-state index is 13.8. The summed E-state index contributed by atoms with van der Waals surface area (Å²) in [4.78, 5) is 33.7. The van der Waals surface area contributed by atoms with Gasteiger partial charge >= 0.3 is 0 Å². The second-order valence-corrected chi connectivity index (χ2v) is 11.0. The monoisotopic (exact) mass is 474 g/mol. The first-order valence-electron chi connectivity index (χ1n) is 11.3. The standard InChI is InChI=1S/C27H26N2O2S2/c1-16-4-9-19(10-5-16)22(30)15-32-27-28-25-24(21-13-8-18(3)14-23(21)33-25)26(31)29(27)20-11-6-17(2)7-12-20/h4-7,9-12,18H,8,13-15H2,1-3H3. The number of aryl methyl sites for hydroxylation is 3. The number of thioether (sulfide) groups is 1. The number of aromatic nitrogens is 2. The summed E-state index contributed by atoms with van der Waals surface area (Å²) >= 11 is 2.99. The van der Waals surface area contributed by atoms with E-state index in [0.29, 0.717) is 16.6 Å². The number of carbonyl (C=O) groups is 1. The van der Waals surface area contributed by atoms with Crippen LogP contribution in [0.1, 0.15) is 45.3 Å². The summed E-state index contributed by atoms with van der Waals surface area (Å²) in [5.74, 6) is 0.893. The van der Waals surface area contributed by atoms with E-state index < -0.39 is 0 Å². The zero-order valence-electron chi connectivity index (χ0n) is 19.1. The van der Waals surface area contributed by atoms with Crippen LogP contribution in [0.15, 0.2) is 58.5 Å². The molecule has 4 nitrogen and oxygen atoms in total. The zero-order valence-corrected chi connectivity index (χ0v) is 20.7. The van der Waals surface area contributed by atoms with Crippen LogP contribution in [0.3, 0.4) is 0 Å². The summed E-state index contributed by atoms with van der Waals surface area (Å²) in [5.41, 5.74) is 4.87. The molecule has 0 spiro atoms. The van der Waals surface area contributed by atoms with Crippen molar-refractivity contribution in [3.05, 3.63) is 86.0 Å². The molecule has 0 aliphatic heterocycles. The van der Waals surface area contributed by atoms with Gasteiger partial charge in [-0.05, 0) is 56.7 Å². The smallest absolute Gasteiger partial charge is 0.267 e. The minimum Gasteiger partial charge on any atom is -0.293 e. The Morgan fingerprint density at radius 1 is 1.09 bits per heavy atom. The topological polar surface area (TPSA) is 52.0 Å². The summed E-state index contributed by atoms with van der Waals surface area (Å²) < 4.78 is 1.69. The van der Waals surface area contributed by atoms with Crippen LogP contribution in [0.2, 0.25) is 0 Å². The van der Waals surface area contributed by atoms with Crippen molar-refractivity contribution >= 4 is 39.1 Å². The summed E-state index contributed by atoms with van der Waals surface area (Å²) in [5, 5.41) is 1.33. The van der Waals surface area contributed by atoms with Gasteiger partial charge in [0.25, 0.3) is 5.56 Å². The van der Waals surface area contributed by atoms with Gasteiger partial charge in [-0.25, -0.2) is 4.98 Å². The van der Waals surface area contributed by atoms with Crippen molar-refractivity contribution in [1.82, 2.24) is 9.55 Å². The van der Waals surface area contributed by atoms with Crippen LogP contribution in [-0.2, 0) is 12.8 Å². The Kier molecular flexibility index (Phi) is 5.97. The van der Waals surface area contributed by atoms with E-state index in [9.17, 15) is 9.59 Å². The molecule has 4 aromatic rings. The van der Waals surface area contributed by atoms with Gasteiger partial charge in [0.2, 0.25) is 0 Å². The van der Waals surface area contributed by atoms with Crippen molar-refractivity contribution in [3.63, 3.8) is 0 Å². The average molecular weight is 475 g/mol. The lowest BCUT2D eigenvalue weighted by atomic mass is 9.89. The molecule has 2 aromatic carbocycles. The molecule has 0 N–H and O–H groups in total. The number of nitrogens with zero attached hydrogens (tertiary/aromatic N) is 2. The number of carbonyl (C=O) groups excluding carboxylic acids is 1. The van der Waals surface area contributed by atoms with Gasteiger partial charge in [0.1, 0.15) is 4.83 Å². The Morgan fingerprint density at radius 3 is 2.45 bits per heavy atom. The van der Waals surface area contributed by atoms with Gasteiger partial charge in [-0.1, -0.05) is 66.2 Å². The molecule has 0 saturated carbocycles. The van der Waals surface area contributed by atoms with Crippen LogP contribution in [0.5, 0.6) is 0 Å². The summed E-state index contributed by atoms with van der Waals surface area (Å²) in [6.45, 7) is 6.30. The van der Waals surface area contributed by atoms with Gasteiger partial charge in [-0.15, -0.1) is 11.3 Å². The molecule has 2 heterocycles. The Balaban J connectivity index is 1.59. The molecule has 1 atom stereocenters. The molecule has 0 radical (unpaired) electrons. The molecule has 0 fully saturated rings. The maximum Gasteiger partial charge on any atom is 0.267 e. The molecular weight excluding hydrogens is 448 g/mol. The van der Waals surface area contributed by atoms with Crippen molar-refractivity contribution in [1.29, 1.82) is 0 Å². The second-order valence-electron chi connectivity index (χ2n) is 8.98. The second kappa shape index (κ2) is 8.92. The third-order valence-corrected chi connectivity index (χ3v) is 8.38. The van der Waals surface area contributed by atoms with Crippen molar-refractivity contribution in [3.8, 4) is 5.69 Å². The summed E-state index contributed by atoms with van der Waals surface area (Å²) in [7, 11) is 0. The molecule has 6 heteroatoms. The third kappa shape index (κ3) is 4.30. The molecule has 0 saturated heterocycles. The quantitative estimate of drug-likeness (QED) is 0.197. The number of hydrogen-bond donors (Lipinski definition) is 0. The van der Waals surface area contributed by atoms with E-state index in [0.717, 1.165) is 46.3 Å². The highest BCUT2D eigenvalue weighted by Gasteiger charge is 2.25. The Hall–Kier alpha value is -2.70. The highest BCUT2D eigenvalue weighted by Crippen LogP contribution is 2.37. The van der Waals surface area contributed by atoms with Crippen LogP contribution in [-0.4, -0.2) is 21.1 Å². The summed E-state index contributed by atoms with van der Waals surface area (Å²) in [6.07, 6.45) is 3.04. The normalized spacial score (nSPS) is 15.5. The average Bonchev–Trinajstić information content (AvgIpc) is 3.16. The number of ketones is 1. The predicted molar refractivity (Wildman–Crippen MR) is 137 cm³/mol. The highest BCUT2D eigenvalue weighted by atomic mass is 32.2. The lowest BCUT2D eigenvalue weighted by Crippen LogP contribution is -2.23. The van der Waals surface area contributed by atoms with E-state index in [-0.39, 0.29) is 17.1 Å². The molecule has 168 valence electrons. The Labute approximate surface area is 201 Å². The fourth-order valence-corrected chi connectivity index (χ4v) is 6.67. The van der Waals surface area contributed by atoms with E-state index in [1.165, 1.54) is 22.2 Å². The SMILES string of the molecule is Cc1ccc(C(=O)CSc2nc3sc4c(c3c(=O)n2-c2ccc(C)cc2)CCC(C)C4)cc1. The van der Waals surface area contributed by atoms with Gasteiger partial charge < -0.3 is 0 Å². The maximum absolute atomic E-state index is 13.8. The number of rotatable bonds is 5. The lowest BCUT2D eigenvalue weighted by Gasteiger charge is -2.18. The van der Waals surface area contributed by atoms with Gasteiger partial charge in [0.15, 0.2) is 10.9 Å². The largest absolute Gasteiger partial charge is 0.293 e. The summed E-state index contributed by atoms with van der Waals surface area (Å²) in [6, 6.07) is 15.5. The Morgan fingerprint density at radius 2 is 1.76 bits per heavy atom. The van der Waals surface area contributed by atoms with Crippen LogP contribution in [0.25, 0.3) is 15.9 Å². The molecule has 5 rings (SSSR count). The molecular formula is C27H26N2O2S2. The van der Waals surface area contributed by atoms with E-state index >= 15 is 0 Å². The van der Waals surface area contributed by atoms with Crippen LogP contribution < -0.4 is 5.56 Å². The highest BCUT2D eigenvalue weighted by molar-refractivity contribution is 7.99. The number of Topliss-reactive ketones (excluding diaryl/α,β-unsaturated/α-hetero) is 1. The first kappa shape index (κ1) is 22.1. The van der Waals surface area contributed by atoms with Gasteiger partial charge in [0.05, 0.1) is 16.8 Å². The van der Waals surface area contributed by atoms with Gasteiger partial charge in [-0.2, -0.15) is 0 Å². The zero-order chi connectivity index (χ0) is 23.1. The van der Waals surface area contributed by atoms with Gasteiger partial charge in [-0.3, -0.25) is 14.2 Å². The van der Waals surface area contributed by atoms with Gasteiger partial charge in [0, 0.05) is 10.4 Å². The first-order chi connectivity index (χ1) is 15.9. The Bertz CT molecular complexity index is 1400. The molecule has 0 amide bonds. The number of thiophene rings is 1. The van der Waals surface area contributed by atoms with Crippen molar-refractivity contribution in [2.24, 2.45) is 5.92 Å². The molecule has 33 heavy (non-hydrogen) atoms. The molecule has 1 aliphatic rings. The van der Waals surface area contributed by atoms with Crippen molar-refractivity contribution in [2.75, 3.05) is 5.75 Å². The van der Waals surface area contributed by atoms with Crippen molar-refractivity contribution in [2.45, 2.75) is 45.2 Å². The number of hydrogen-bond acceptors (Lipinski definition) is 5. The minimum absolute atomic E-state index is 0.0267. The fourth-order valence-electron chi connectivity index (χ4n) is 4.34. The van der Waals surface area contributed by atoms with E-state index in [4.69, 9.17) is 4.98 Å². The number of fused-ring (bicyclic) bond motifs is 3. The van der Waals surface area contributed by atoms with Crippen molar-refractivity contribution < 1.29 is 4.79 Å². The molecule has 1 aliphatic carbocycles. The van der Waals surface area contributed by atoms with E-state index in [1.54, 1.807) is 15.9 Å². The van der Waals surface area contributed by atoms with Crippen LogP contribution >= 0.6 is 23.1 Å². The van der Waals surface area contributed by atoms with E-state index in [2.05, 4.69) is 6.92 Å². The predicted octanol–water partition coefficient (Wildman–Crippen LogP) is 6.16.